The van der Waals surface area contributed by atoms with Crippen LogP contribution in [0.1, 0.15) is 36.8 Å². The molecule has 3 nitrogen and oxygen atoms in total. The standard InChI is InChI=1S/C24H37N3/c1-25(2)24-14-12-22(13-15-24)10-11-23-16-19-26(20-17-23)18-8-6-7-9-21-27(3,4)5/h10-17,19-20H,6-9,18,21H2,1-5H3/q+2. The lowest BCUT2D eigenvalue weighted by atomic mass is 10.1. The second-order valence-corrected chi connectivity index (χ2v) is 8.62. The Bertz CT molecular complexity index is 692. The molecule has 27 heavy (non-hydrogen) atoms. The number of unbranched alkanes of at least 4 members (excludes halogenated alkanes) is 3. The number of quaternary nitrogens is 1. The first kappa shape index (κ1) is 21.2. The van der Waals surface area contributed by atoms with E-state index in [-0.39, 0.29) is 0 Å². The van der Waals surface area contributed by atoms with Gasteiger partial charge >= 0.3 is 0 Å². The number of benzene rings is 1. The van der Waals surface area contributed by atoms with Gasteiger partial charge in [-0.15, -0.1) is 0 Å². The third-order valence-corrected chi connectivity index (χ3v) is 4.79. The van der Waals surface area contributed by atoms with Crippen molar-refractivity contribution in [2.75, 3.05) is 46.7 Å². The summed E-state index contributed by atoms with van der Waals surface area (Å²) in [5, 5.41) is 0. The molecule has 0 amide bonds. The van der Waals surface area contributed by atoms with Crippen molar-refractivity contribution in [3.8, 4) is 0 Å². The number of aryl methyl sites for hydroxylation is 1. The summed E-state index contributed by atoms with van der Waals surface area (Å²) in [6.45, 7) is 2.38. The molecule has 0 saturated carbocycles. The SMILES string of the molecule is CN(C)c1ccc(/C=C/c2cc[n+](CCCCCC[N+](C)(C)C)cc2)cc1. The van der Waals surface area contributed by atoms with Crippen molar-refractivity contribution in [3.63, 3.8) is 0 Å². The van der Waals surface area contributed by atoms with E-state index in [9.17, 15) is 0 Å². The van der Waals surface area contributed by atoms with Crippen molar-refractivity contribution in [2.24, 2.45) is 0 Å². The molecule has 1 heterocycles. The smallest absolute Gasteiger partial charge is 0.169 e. The van der Waals surface area contributed by atoms with Gasteiger partial charge in [0, 0.05) is 38.3 Å². The summed E-state index contributed by atoms with van der Waals surface area (Å²) < 4.78 is 3.37. The molecule has 1 aromatic heterocycles. The van der Waals surface area contributed by atoms with E-state index in [1.807, 2.05) is 0 Å². The Morgan fingerprint density at radius 3 is 1.89 bits per heavy atom. The van der Waals surface area contributed by atoms with Gasteiger partial charge in [-0.05, 0) is 42.5 Å². The summed E-state index contributed by atoms with van der Waals surface area (Å²) in [5.41, 5.74) is 3.70. The number of pyridine rings is 1. The maximum Gasteiger partial charge on any atom is 0.169 e. The Labute approximate surface area is 166 Å². The quantitative estimate of drug-likeness (QED) is 0.341. The lowest BCUT2D eigenvalue weighted by Crippen LogP contribution is -2.35. The number of nitrogens with zero attached hydrogens (tertiary/aromatic N) is 3. The molecule has 0 aliphatic heterocycles. The first-order chi connectivity index (χ1) is 12.8. The van der Waals surface area contributed by atoms with Crippen LogP contribution in [0.15, 0.2) is 48.8 Å². The van der Waals surface area contributed by atoms with Gasteiger partial charge in [0.15, 0.2) is 12.4 Å². The lowest BCUT2D eigenvalue weighted by Gasteiger charge is -2.23. The number of aromatic nitrogens is 1. The molecule has 0 unspecified atom stereocenters. The Kier molecular flexibility index (Phi) is 8.05. The monoisotopic (exact) mass is 367 g/mol. The van der Waals surface area contributed by atoms with Crippen LogP contribution in [-0.2, 0) is 6.54 Å². The van der Waals surface area contributed by atoms with Gasteiger partial charge in [0.25, 0.3) is 0 Å². The Morgan fingerprint density at radius 1 is 0.778 bits per heavy atom. The van der Waals surface area contributed by atoms with Crippen molar-refractivity contribution in [1.82, 2.24) is 0 Å². The summed E-state index contributed by atoms with van der Waals surface area (Å²) in [5.74, 6) is 0. The van der Waals surface area contributed by atoms with Gasteiger partial charge in [-0.2, -0.15) is 0 Å². The van der Waals surface area contributed by atoms with E-state index >= 15 is 0 Å². The highest BCUT2D eigenvalue weighted by atomic mass is 15.3. The zero-order valence-corrected chi connectivity index (χ0v) is 17.9. The molecular formula is C24H37N3+2. The van der Waals surface area contributed by atoms with Gasteiger partial charge in [0.05, 0.1) is 27.7 Å². The van der Waals surface area contributed by atoms with Crippen LogP contribution in [0.3, 0.4) is 0 Å². The van der Waals surface area contributed by atoms with Crippen LogP contribution in [0.2, 0.25) is 0 Å². The van der Waals surface area contributed by atoms with E-state index in [0.717, 1.165) is 11.0 Å². The van der Waals surface area contributed by atoms with Crippen LogP contribution < -0.4 is 9.47 Å². The average molecular weight is 368 g/mol. The zero-order chi connectivity index (χ0) is 19.7. The highest BCUT2D eigenvalue weighted by Gasteiger charge is 2.06. The fourth-order valence-corrected chi connectivity index (χ4v) is 3.04. The summed E-state index contributed by atoms with van der Waals surface area (Å²) in [6.07, 6.45) is 14.0. The van der Waals surface area contributed by atoms with Crippen LogP contribution in [0.25, 0.3) is 12.2 Å². The second-order valence-electron chi connectivity index (χ2n) is 8.62. The fraction of sp³-hybridized carbons (Fsp3) is 0.458. The molecular weight excluding hydrogens is 330 g/mol. The third-order valence-electron chi connectivity index (χ3n) is 4.79. The predicted molar refractivity (Wildman–Crippen MR) is 118 cm³/mol. The molecule has 1 aromatic carbocycles. The molecule has 0 fully saturated rings. The van der Waals surface area contributed by atoms with Crippen molar-refractivity contribution in [3.05, 3.63) is 59.9 Å². The maximum absolute atomic E-state index is 2.29. The highest BCUT2D eigenvalue weighted by Crippen LogP contribution is 2.14. The molecule has 3 heteroatoms. The van der Waals surface area contributed by atoms with E-state index in [2.05, 4.69) is 106 Å². The third kappa shape index (κ3) is 8.40. The Hall–Kier alpha value is -2.13. The van der Waals surface area contributed by atoms with Gasteiger partial charge in [-0.25, -0.2) is 4.57 Å². The zero-order valence-electron chi connectivity index (χ0n) is 17.9. The van der Waals surface area contributed by atoms with Gasteiger partial charge < -0.3 is 9.38 Å². The first-order valence-corrected chi connectivity index (χ1v) is 10.1. The Balaban J connectivity index is 1.74. The van der Waals surface area contributed by atoms with E-state index < -0.39 is 0 Å². The number of hydrogen-bond acceptors (Lipinski definition) is 1. The van der Waals surface area contributed by atoms with E-state index in [1.54, 1.807) is 0 Å². The average Bonchev–Trinajstić information content (AvgIpc) is 2.63. The molecule has 2 aromatic rings. The van der Waals surface area contributed by atoms with Gasteiger partial charge in [0.1, 0.15) is 6.54 Å². The van der Waals surface area contributed by atoms with Gasteiger partial charge in [0.2, 0.25) is 0 Å². The predicted octanol–water partition coefficient (Wildman–Crippen LogP) is 4.48. The van der Waals surface area contributed by atoms with Crippen LogP contribution in [0.4, 0.5) is 5.69 Å². The summed E-state index contributed by atoms with van der Waals surface area (Å²) in [7, 11) is 10.9. The normalized spacial score (nSPS) is 11.9. The van der Waals surface area contributed by atoms with Gasteiger partial charge in [-0.1, -0.05) is 24.3 Å². The van der Waals surface area contributed by atoms with Crippen LogP contribution >= 0.6 is 0 Å². The maximum atomic E-state index is 2.29. The minimum atomic E-state index is 1.07. The molecule has 0 radical (unpaired) electrons. The molecule has 0 bridgehead atoms. The fourth-order valence-electron chi connectivity index (χ4n) is 3.04. The van der Waals surface area contributed by atoms with Gasteiger partial charge in [-0.3, -0.25) is 0 Å². The van der Waals surface area contributed by atoms with E-state index in [4.69, 9.17) is 0 Å². The van der Waals surface area contributed by atoms with Crippen LogP contribution in [-0.4, -0.2) is 46.3 Å². The van der Waals surface area contributed by atoms with E-state index in [1.165, 1.54) is 49.0 Å². The topological polar surface area (TPSA) is 7.12 Å². The highest BCUT2D eigenvalue weighted by molar-refractivity contribution is 5.70. The van der Waals surface area contributed by atoms with Crippen LogP contribution in [0, 0.1) is 0 Å². The first-order valence-electron chi connectivity index (χ1n) is 10.1. The van der Waals surface area contributed by atoms with E-state index in [0.29, 0.717) is 0 Å². The van der Waals surface area contributed by atoms with Crippen molar-refractivity contribution in [1.29, 1.82) is 0 Å². The van der Waals surface area contributed by atoms with Crippen molar-refractivity contribution < 1.29 is 9.05 Å². The number of rotatable bonds is 10. The minimum Gasteiger partial charge on any atom is -0.378 e. The number of anilines is 1. The molecule has 2 rings (SSSR count). The summed E-state index contributed by atoms with van der Waals surface area (Å²) >= 11 is 0. The molecule has 0 aliphatic carbocycles. The molecule has 0 aliphatic rings. The van der Waals surface area contributed by atoms with Crippen molar-refractivity contribution in [2.45, 2.75) is 32.2 Å². The molecule has 146 valence electrons. The molecule has 0 saturated heterocycles. The molecule has 0 N–H and O–H groups in total. The number of hydrogen-bond donors (Lipinski definition) is 0. The second kappa shape index (κ2) is 10.3. The minimum absolute atomic E-state index is 1.07. The summed E-state index contributed by atoms with van der Waals surface area (Å²) in [4.78, 5) is 2.12. The molecule has 0 atom stereocenters. The molecule has 0 spiro atoms. The Morgan fingerprint density at radius 2 is 1.33 bits per heavy atom. The van der Waals surface area contributed by atoms with Crippen LogP contribution in [0.5, 0.6) is 0 Å². The van der Waals surface area contributed by atoms with Crippen molar-refractivity contribution >= 4 is 17.8 Å². The summed E-state index contributed by atoms with van der Waals surface area (Å²) in [6, 6.07) is 13.0. The lowest BCUT2D eigenvalue weighted by molar-refractivity contribution is -0.870. The largest absolute Gasteiger partial charge is 0.378 e.